The van der Waals surface area contributed by atoms with Gasteiger partial charge in [0.1, 0.15) is 11.4 Å². The van der Waals surface area contributed by atoms with E-state index in [0.29, 0.717) is 18.7 Å². The van der Waals surface area contributed by atoms with Crippen molar-refractivity contribution in [3.05, 3.63) is 47.3 Å². The Hall–Kier alpha value is -2.35. The summed E-state index contributed by atoms with van der Waals surface area (Å²) in [4.78, 5) is 12.4. The summed E-state index contributed by atoms with van der Waals surface area (Å²) in [6, 6.07) is 8.95. The predicted molar refractivity (Wildman–Crippen MR) is 93.4 cm³/mol. The van der Waals surface area contributed by atoms with Gasteiger partial charge in [-0.3, -0.25) is 9.48 Å². The molecule has 1 saturated heterocycles. The van der Waals surface area contributed by atoms with Gasteiger partial charge in [0.25, 0.3) is 5.91 Å². The van der Waals surface area contributed by atoms with Crippen LogP contribution in [-0.4, -0.2) is 42.7 Å². The van der Waals surface area contributed by atoms with Gasteiger partial charge in [0.2, 0.25) is 0 Å². The van der Waals surface area contributed by atoms with Crippen LogP contribution in [0.5, 0.6) is 5.75 Å². The minimum atomic E-state index is -3.00. The molecule has 0 radical (unpaired) electrons. The number of carbonyl (C=O) groups excluding carboxylic acids is 1. The fraction of sp³-hybridized carbons (Fsp3) is 0.412. The van der Waals surface area contributed by atoms with Gasteiger partial charge in [0, 0.05) is 17.8 Å². The molecule has 1 aliphatic heterocycles. The van der Waals surface area contributed by atoms with Crippen molar-refractivity contribution in [2.45, 2.75) is 25.9 Å². The van der Waals surface area contributed by atoms with E-state index in [-0.39, 0.29) is 29.1 Å². The minimum absolute atomic E-state index is 0.0811. The van der Waals surface area contributed by atoms with Crippen LogP contribution in [0.1, 0.15) is 34.2 Å². The van der Waals surface area contributed by atoms with E-state index in [0.717, 1.165) is 11.3 Å². The average Bonchev–Trinajstić information content (AvgIpc) is 3.15. The largest absolute Gasteiger partial charge is 0.496 e. The van der Waals surface area contributed by atoms with Crippen molar-refractivity contribution in [3.8, 4) is 5.75 Å². The Labute approximate surface area is 146 Å². The molecule has 0 aliphatic carbocycles. The molecule has 0 saturated carbocycles. The summed E-state index contributed by atoms with van der Waals surface area (Å²) in [6.07, 6.45) is 0.535. The molecule has 1 aromatic carbocycles. The standard InChI is InChI=1S/C17H21N3O4S/c1-12-9-15(19-20(12)14-7-8-25(22,23)11-14)17(21)18-10-13-5-3-4-6-16(13)24-2/h3-6,9,14H,7-8,10-11H2,1-2H3,(H,18,21). The van der Waals surface area contributed by atoms with E-state index in [1.165, 1.54) is 0 Å². The van der Waals surface area contributed by atoms with Crippen LogP contribution in [-0.2, 0) is 16.4 Å². The van der Waals surface area contributed by atoms with Crippen molar-refractivity contribution < 1.29 is 17.9 Å². The summed E-state index contributed by atoms with van der Waals surface area (Å²) in [5.41, 5.74) is 1.94. The van der Waals surface area contributed by atoms with Crippen molar-refractivity contribution in [2.75, 3.05) is 18.6 Å². The number of ether oxygens (including phenoxy) is 1. The molecule has 0 spiro atoms. The minimum Gasteiger partial charge on any atom is -0.496 e. The Balaban J connectivity index is 1.70. The first-order valence-corrected chi connectivity index (χ1v) is 9.88. The maximum Gasteiger partial charge on any atom is 0.272 e. The van der Waals surface area contributed by atoms with Crippen molar-refractivity contribution >= 4 is 15.7 Å². The second-order valence-electron chi connectivity index (χ2n) is 6.17. The Morgan fingerprint density at radius 3 is 2.84 bits per heavy atom. The van der Waals surface area contributed by atoms with E-state index in [2.05, 4.69) is 10.4 Å². The lowest BCUT2D eigenvalue weighted by Crippen LogP contribution is -2.24. The molecule has 1 N–H and O–H groups in total. The summed E-state index contributed by atoms with van der Waals surface area (Å²) in [6.45, 7) is 2.15. The molecule has 134 valence electrons. The van der Waals surface area contributed by atoms with Crippen LogP contribution in [0.2, 0.25) is 0 Å². The topological polar surface area (TPSA) is 90.3 Å². The summed E-state index contributed by atoms with van der Waals surface area (Å²) in [5, 5.41) is 7.15. The molecule has 0 bridgehead atoms. The van der Waals surface area contributed by atoms with E-state index >= 15 is 0 Å². The highest BCUT2D eigenvalue weighted by atomic mass is 32.2. The van der Waals surface area contributed by atoms with Gasteiger partial charge in [-0.15, -0.1) is 0 Å². The Kier molecular flexibility index (Phi) is 4.80. The first-order valence-electron chi connectivity index (χ1n) is 8.06. The highest BCUT2D eigenvalue weighted by Crippen LogP contribution is 2.24. The molecule has 2 aromatic rings. The number of amides is 1. The Morgan fingerprint density at radius 2 is 2.16 bits per heavy atom. The molecule has 1 aliphatic rings. The summed E-state index contributed by atoms with van der Waals surface area (Å²) < 4.78 is 30.2. The van der Waals surface area contributed by atoms with E-state index in [9.17, 15) is 13.2 Å². The predicted octanol–water partition coefficient (Wildman–Crippen LogP) is 1.49. The molecule has 1 aromatic heterocycles. The van der Waals surface area contributed by atoms with E-state index in [1.54, 1.807) is 17.9 Å². The van der Waals surface area contributed by atoms with Gasteiger partial charge in [0.05, 0.1) is 24.7 Å². The third-order valence-electron chi connectivity index (χ3n) is 4.34. The van der Waals surface area contributed by atoms with Crippen molar-refractivity contribution in [1.29, 1.82) is 0 Å². The van der Waals surface area contributed by atoms with E-state index in [1.807, 2.05) is 31.2 Å². The van der Waals surface area contributed by atoms with Gasteiger partial charge < -0.3 is 10.1 Å². The number of carbonyl (C=O) groups is 1. The maximum atomic E-state index is 12.4. The van der Waals surface area contributed by atoms with Crippen LogP contribution in [0, 0.1) is 6.92 Å². The number of nitrogens with one attached hydrogen (secondary N) is 1. The van der Waals surface area contributed by atoms with Crippen LogP contribution >= 0.6 is 0 Å². The highest BCUT2D eigenvalue weighted by molar-refractivity contribution is 7.91. The molecule has 8 heteroatoms. The zero-order chi connectivity index (χ0) is 18.0. The third-order valence-corrected chi connectivity index (χ3v) is 6.09. The number of para-hydroxylation sites is 1. The molecular formula is C17H21N3O4S. The first-order chi connectivity index (χ1) is 11.9. The fourth-order valence-electron chi connectivity index (χ4n) is 3.05. The maximum absolute atomic E-state index is 12.4. The van der Waals surface area contributed by atoms with Crippen molar-refractivity contribution in [3.63, 3.8) is 0 Å². The molecule has 3 rings (SSSR count). The second kappa shape index (κ2) is 6.87. The third kappa shape index (κ3) is 3.84. The number of nitrogens with zero attached hydrogens (tertiary/aromatic N) is 2. The average molecular weight is 363 g/mol. The van der Waals surface area contributed by atoms with Crippen LogP contribution < -0.4 is 10.1 Å². The van der Waals surface area contributed by atoms with E-state index < -0.39 is 9.84 Å². The zero-order valence-electron chi connectivity index (χ0n) is 14.2. The molecule has 1 fully saturated rings. The van der Waals surface area contributed by atoms with Crippen molar-refractivity contribution in [1.82, 2.24) is 15.1 Å². The zero-order valence-corrected chi connectivity index (χ0v) is 15.0. The summed E-state index contributed by atoms with van der Waals surface area (Å²) >= 11 is 0. The summed E-state index contributed by atoms with van der Waals surface area (Å²) in [7, 11) is -1.42. The van der Waals surface area contributed by atoms with Crippen molar-refractivity contribution in [2.24, 2.45) is 0 Å². The second-order valence-corrected chi connectivity index (χ2v) is 8.40. The van der Waals surface area contributed by atoms with Gasteiger partial charge in [-0.1, -0.05) is 18.2 Å². The number of sulfone groups is 1. The number of hydrogen-bond acceptors (Lipinski definition) is 5. The fourth-order valence-corrected chi connectivity index (χ4v) is 4.74. The number of methoxy groups -OCH3 is 1. The molecule has 25 heavy (non-hydrogen) atoms. The monoisotopic (exact) mass is 363 g/mol. The van der Waals surface area contributed by atoms with Gasteiger partial charge in [-0.25, -0.2) is 8.42 Å². The van der Waals surface area contributed by atoms with Crippen LogP contribution in [0.25, 0.3) is 0 Å². The molecule has 1 atom stereocenters. The number of benzene rings is 1. The molecule has 2 heterocycles. The number of hydrogen-bond donors (Lipinski definition) is 1. The SMILES string of the molecule is COc1ccccc1CNC(=O)c1cc(C)n(C2CCS(=O)(=O)C2)n1. The van der Waals surface area contributed by atoms with Gasteiger partial charge in [-0.2, -0.15) is 5.10 Å². The summed E-state index contributed by atoms with van der Waals surface area (Å²) in [5.74, 6) is 0.665. The van der Waals surface area contributed by atoms with Gasteiger partial charge in [0.15, 0.2) is 9.84 Å². The van der Waals surface area contributed by atoms with Gasteiger partial charge >= 0.3 is 0 Å². The lowest BCUT2D eigenvalue weighted by molar-refractivity contribution is 0.0944. The van der Waals surface area contributed by atoms with E-state index in [4.69, 9.17) is 4.74 Å². The van der Waals surface area contributed by atoms with Crippen LogP contribution in [0.3, 0.4) is 0 Å². The molecular weight excluding hydrogens is 342 g/mol. The normalized spacial score (nSPS) is 18.9. The molecule has 7 nitrogen and oxygen atoms in total. The lowest BCUT2D eigenvalue weighted by atomic mass is 10.2. The number of aromatic nitrogens is 2. The highest BCUT2D eigenvalue weighted by Gasteiger charge is 2.31. The molecule has 1 amide bonds. The first kappa shape index (κ1) is 17.5. The Morgan fingerprint density at radius 1 is 1.40 bits per heavy atom. The smallest absolute Gasteiger partial charge is 0.272 e. The quantitative estimate of drug-likeness (QED) is 0.869. The van der Waals surface area contributed by atoms with Gasteiger partial charge in [-0.05, 0) is 25.5 Å². The number of rotatable bonds is 5. The number of aryl methyl sites for hydroxylation is 1. The van der Waals surface area contributed by atoms with Crippen LogP contribution in [0.15, 0.2) is 30.3 Å². The van der Waals surface area contributed by atoms with Crippen LogP contribution in [0.4, 0.5) is 0 Å². The molecule has 1 unspecified atom stereocenters. The Bertz CT molecular complexity index is 889. The lowest BCUT2D eigenvalue weighted by Gasteiger charge is -2.10.